The second kappa shape index (κ2) is 4.65. The summed E-state index contributed by atoms with van der Waals surface area (Å²) in [6, 6.07) is 0. The number of halogens is 1. The first kappa shape index (κ1) is 12.2. The van der Waals surface area contributed by atoms with E-state index in [0.717, 1.165) is 12.8 Å². The standard InChI is InChI=1S/C11H11ClN4O3/c1-18-8-9(12)13-5-16(11(8)17)4-7-14-10(19-15-7)6-2-3-6/h5-6H,2-4H2,1H3. The van der Waals surface area contributed by atoms with Gasteiger partial charge in [-0.15, -0.1) is 0 Å². The Labute approximate surface area is 113 Å². The molecule has 0 saturated heterocycles. The molecule has 1 fully saturated rings. The average molecular weight is 283 g/mol. The first-order valence-corrected chi connectivity index (χ1v) is 6.18. The molecule has 0 bridgehead atoms. The van der Waals surface area contributed by atoms with Crippen LogP contribution in [0.5, 0.6) is 5.75 Å². The maximum absolute atomic E-state index is 12.0. The van der Waals surface area contributed by atoms with Crippen molar-refractivity contribution in [2.45, 2.75) is 25.3 Å². The fraction of sp³-hybridized carbons (Fsp3) is 0.455. The van der Waals surface area contributed by atoms with Crippen LogP contribution in [0.25, 0.3) is 0 Å². The normalized spacial score (nSPS) is 14.6. The van der Waals surface area contributed by atoms with Crippen molar-refractivity contribution in [2.75, 3.05) is 7.11 Å². The summed E-state index contributed by atoms with van der Waals surface area (Å²) < 4.78 is 11.4. The number of methoxy groups -OCH3 is 1. The van der Waals surface area contributed by atoms with E-state index in [-0.39, 0.29) is 23.0 Å². The van der Waals surface area contributed by atoms with E-state index >= 15 is 0 Å². The van der Waals surface area contributed by atoms with Gasteiger partial charge >= 0.3 is 0 Å². The molecular weight excluding hydrogens is 272 g/mol. The fourth-order valence-corrected chi connectivity index (χ4v) is 1.92. The molecule has 100 valence electrons. The quantitative estimate of drug-likeness (QED) is 0.784. The summed E-state index contributed by atoms with van der Waals surface area (Å²) in [7, 11) is 1.37. The van der Waals surface area contributed by atoms with Crippen LogP contribution >= 0.6 is 11.6 Å². The van der Waals surface area contributed by atoms with Gasteiger partial charge in [-0.2, -0.15) is 4.98 Å². The van der Waals surface area contributed by atoms with Crippen molar-refractivity contribution >= 4 is 11.6 Å². The van der Waals surface area contributed by atoms with Gasteiger partial charge in [-0.1, -0.05) is 16.8 Å². The molecule has 7 nitrogen and oxygen atoms in total. The van der Waals surface area contributed by atoms with Crippen molar-refractivity contribution in [2.24, 2.45) is 0 Å². The minimum Gasteiger partial charge on any atom is -0.489 e. The van der Waals surface area contributed by atoms with E-state index in [1.54, 1.807) is 0 Å². The van der Waals surface area contributed by atoms with Gasteiger partial charge in [0.15, 0.2) is 11.0 Å². The van der Waals surface area contributed by atoms with Crippen LogP contribution < -0.4 is 10.3 Å². The van der Waals surface area contributed by atoms with Gasteiger partial charge in [0.25, 0.3) is 5.56 Å². The molecule has 8 heteroatoms. The Balaban J connectivity index is 1.87. The molecule has 0 N–H and O–H groups in total. The van der Waals surface area contributed by atoms with Crippen molar-refractivity contribution in [3.63, 3.8) is 0 Å². The molecule has 2 aromatic heterocycles. The van der Waals surface area contributed by atoms with E-state index in [1.807, 2.05) is 0 Å². The maximum Gasteiger partial charge on any atom is 0.297 e. The predicted molar refractivity (Wildman–Crippen MR) is 65.4 cm³/mol. The van der Waals surface area contributed by atoms with Crippen LogP contribution in [0.3, 0.4) is 0 Å². The molecule has 1 aliphatic carbocycles. The van der Waals surface area contributed by atoms with Crippen molar-refractivity contribution < 1.29 is 9.26 Å². The highest BCUT2D eigenvalue weighted by molar-refractivity contribution is 6.30. The van der Waals surface area contributed by atoms with Gasteiger partial charge in [0.2, 0.25) is 11.6 Å². The number of hydrogen-bond donors (Lipinski definition) is 0. The van der Waals surface area contributed by atoms with E-state index in [0.29, 0.717) is 17.6 Å². The first-order valence-electron chi connectivity index (χ1n) is 5.80. The van der Waals surface area contributed by atoms with Crippen LogP contribution in [0.1, 0.15) is 30.5 Å². The van der Waals surface area contributed by atoms with Gasteiger partial charge in [-0.3, -0.25) is 9.36 Å². The van der Waals surface area contributed by atoms with Crippen LogP contribution in [0.4, 0.5) is 0 Å². The van der Waals surface area contributed by atoms with Gasteiger partial charge in [0.1, 0.15) is 0 Å². The summed E-state index contributed by atoms with van der Waals surface area (Å²) in [5.41, 5.74) is -0.375. The smallest absolute Gasteiger partial charge is 0.297 e. The Kier molecular flexibility index (Phi) is 2.98. The minimum absolute atomic E-state index is 0.00933. The van der Waals surface area contributed by atoms with Crippen LogP contribution in [0, 0.1) is 0 Å². The molecule has 1 aliphatic rings. The molecule has 1 saturated carbocycles. The third kappa shape index (κ3) is 2.33. The molecule has 0 unspecified atom stereocenters. The van der Waals surface area contributed by atoms with Crippen LogP contribution in [-0.4, -0.2) is 26.8 Å². The molecule has 19 heavy (non-hydrogen) atoms. The van der Waals surface area contributed by atoms with Crippen molar-refractivity contribution in [3.8, 4) is 5.75 Å². The van der Waals surface area contributed by atoms with Gasteiger partial charge in [0, 0.05) is 5.92 Å². The molecule has 3 rings (SSSR count). The van der Waals surface area contributed by atoms with E-state index in [9.17, 15) is 4.79 Å². The number of hydrogen-bond acceptors (Lipinski definition) is 6. The Hall–Kier alpha value is -1.89. The van der Waals surface area contributed by atoms with Gasteiger partial charge in [-0.25, -0.2) is 4.98 Å². The molecule has 0 aromatic carbocycles. The molecule has 0 atom stereocenters. The molecule has 2 heterocycles. The highest BCUT2D eigenvalue weighted by Gasteiger charge is 2.29. The fourth-order valence-electron chi connectivity index (χ4n) is 1.71. The number of rotatable bonds is 4. The summed E-state index contributed by atoms with van der Waals surface area (Å²) in [5, 5.41) is 3.88. The summed E-state index contributed by atoms with van der Waals surface area (Å²) in [4.78, 5) is 20.1. The van der Waals surface area contributed by atoms with Crippen LogP contribution in [0.15, 0.2) is 15.6 Å². The number of nitrogens with zero attached hydrogens (tertiary/aromatic N) is 4. The lowest BCUT2D eigenvalue weighted by Gasteiger charge is -2.05. The highest BCUT2D eigenvalue weighted by Crippen LogP contribution is 2.38. The number of ether oxygens (including phenoxy) is 1. The maximum atomic E-state index is 12.0. The van der Waals surface area contributed by atoms with Gasteiger partial charge in [0.05, 0.1) is 20.0 Å². The lowest BCUT2D eigenvalue weighted by Crippen LogP contribution is -2.23. The zero-order chi connectivity index (χ0) is 13.4. The zero-order valence-corrected chi connectivity index (χ0v) is 10.9. The molecule has 2 aromatic rings. The van der Waals surface area contributed by atoms with E-state index in [2.05, 4.69) is 15.1 Å². The van der Waals surface area contributed by atoms with Gasteiger partial charge in [-0.05, 0) is 12.8 Å². The van der Waals surface area contributed by atoms with E-state index in [1.165, 1.54) is 18.0 Å². The summed E-state index contributed by atoms with van der Waals surface area (Å²) in [6.45, 7) is 0.176. The van der Waals surface area contributed by atoms with Crippen molar-refractivity contribution in [1.82, 2.24) is 19.7 Å². The summed E-state index contributed by atoms with van der Waals surface area (Å²) >= 11 is 5.76. The van der Waals surface area contributed by atoms with Crippen molar-refractivity contribution in [1.29, 1.82) is 0 Å². The minimum atomic E-state index is -0.375. The zero-order valence-electron chi connectivity index (χ0n) is 10.2. The molecule has 0 spiro atoms. The summed E-state index contributed by atoms with van der Waals surface area (Å²) in [5.74, 6) is 1.47. The Morgan fingerprint density at radius 3 is 3.05 bits per heavy atom. The third-order valence-corrected chi connectivity index (χ3v) is 3.15. The highest BCUT2D eigenvalue weighted by atomic mass is 35.5. The average Bonchev–Trinajstić information content (AvgIpc) is 3.14. The van der Waals surface area contributed by atoms with Gasteiger partial charge < -0.3 is 9.26 Å². The topological polar surface area (TPSA) is 83.0 Å². The number of aromatic nitrogens is 4. The van der Waals surface area contributed by atoms with Crippen LogP contribution in [-0.2, 0) is 6.54 Å². The lowest BCUT2D eigenvalue weighted by molar-refractivity contribution is 0.371. The SMILES string of the molecule is COc1c(Cl)ncn(Cc2noc(C3CC3)n2)c1=O. The van der Waals surface area contributed by atoms with E-state index in [4.69, 9.17) is 20.9 Å². The lowest BCUT2D eigenvalue weighted by atomic mass is 10.4. The first-order chi connectivity index (χ1) is 9.19. The Bertz CT molecular complexity index is 662. The third-order valence-electron chi connectivity index (χ3n) is 2.88. The molecule has 0 aliphatic heterocycles. The van der Waals surface area contributed by atoms with Crippen molar-refractivity contribution in [3.05, 3.63) is 33.5 Å². The second-order valence-corrected chi connectivity index (χ2v) is 4.68. The van der Waals surface area contributed by atoms with E-state index < -0.39 is 0 Å². The molecular formula is C11H11ClN4O3. The second-order valence-electron chi connectivity index (χ2n) is 4.32. The predicted octanol–water partition coefficient (Wildman–Crippen LogP) is 1.21. The van der Waals surface area contributed by atoms with Crippen LogP contribution in [0.2, 0.25) is 5.15 Å². The largest absolute Gasteiger partial charge is 0.489 e. The summed E-state index contributed by atoms with van der Waals surface area (Å²) in [6.07, 6.45) is 3.50. The molecule has 0 amide bonds. The Morgan fingerprint density at radius 2 is 2.37 bits per heavy atom. The Morgan fingerprint density at radius 1 is 1.58 bits per heavy atom. The monoisotopic (exact) mass is 282 g/mol. The molecule has 0 radical (unpaired) electrons.